The molecule has 10 aromatic carbocycles. The average Bonchev–Trinajstić information content (AvgIpc) is 3.91. The molecular formula is C60H40N2O. The van der Waals surface area contributed by atoms with Crippen LogP contribution < -0.4 is 4.90 Å². The molecule has 0 unspecified atom stereocenters. The van der Waals surface area contributed by atoms with E-state index in [1.54, 1.807) is 0 Å². The first kappa shape index (κ1) is 36.5. The lowest BCUT2D eigenvalue weighted by Crippen LogP contribution is -2.10. The van der Waals surface area contributed by atoms with Crippen LogP contribution in [0.3, 0.4) is 0 Å². The van der Waals surface area contributed by atoms with Gasteiger partial charge in [-0.15, -0.1) is 0 Å². The molecule has 2 heterocycles. The van der Waals surface area contributed by atoms with Gasteiger partial charge in [0, 0.05) is 38.5 Å². The van der Waals surface area contributed by atoms with Gasteiger partial charge in [0.1, 0.15) is 5.58 Å². The summed E-state index contributed by atoms with van der Waals surface area (Å²) in [7, 11) is 0. The second kappa shape index (κ2) is 15.3. The van der Waals surface area contributed by atoms with Gasteiger partial charge in [0.15, 0.2) is 5.58 Å². The Bertz CT molecular complexity index is 3550. The lowest BCUT2D eigenvalue weighted by molar-refractivity contribution is 0.669. The van der Waals surface area contributed by atoms with Crippen molar-refractivity contribution in [1.82, 2.24) is 4.57 Å². The second-order valence-corrected chi connectivity index (χ2v) is 16.1. The van der Waals surface area contributed by atoms with Gasteiger partial charge in [-0.3, -0.25) is 0 Å². The van der Waals surface area contributed by atoms with Gasteiger partial charge in [-0.2, -0.15) is 0 Å². The summed E-state index contributed by atoms with van der Waals surface area (Å²) in [4.78, 5) is 2.31. The molecule has 0 aliphatic carbocycles. The van der Waals surface area contributed by atoms with E-state index in [-0.39, 0.29) is 0 Å². The quantitative estimate of drug-likeness (QED) is 0.153. The van der Waals surface area contributed by atoms with Gasteiger partial charge in [-0.25, -0.2) is 0 Å². The zero-order valence-electron chi connectivity index (χ0n) is 34.4. The molecule has 0 saturated heterocycles. The fourth-order valence-electron chi connectivity index (χ4n) is 9.39. The van der Waals surface area contributed by atoms with E-state index in [9.17, 15) is 0 Å². The maximum atomic E-state index is 6.64. The zero-order chi connectivity index (χ0) is 41.7. The summed E-state index contributed by atoms with van der Waals surface area (Å²) >= 11 is 0. The predicted octanol–water partition coefficient (Wildman–Crippen LogP) is 16.8. The van der Waals surface area contributed by atoms with Crippen LogP contribution in [-0.4, -0.2) is 4.57 Å². The van der Waals surface area contributed by atoms with Crippen LogP contribution in [0.2, 0.25) is 0 Å². The molecule has 0 atom stereocenters. The standard InChI is InChI=1S/C60H40N2O/c1-2-14-41(15-3-1)42-28-30-43(31-29-42)44-32-36-48(37-33-44)61(58-26-13-22-54-53-21-7-11-27-59(53)63-60(54)58)49-38-34-45(35-39-49)46-16-12-17-47(40-46)50-18-4-8-23-55(50)62-56-24-9-5-19-51(56)52-20-6-10-25-57(52)62/h1-40H. The molecule has 0 spiro atoms. The van der Waals surface area contributed by atoms with Crippen LogP contribution >= 0.6 is 0 Å². The largest absolute Gasteiger partial charge is 0.454 e. The Morgan fingerprint density at radius 1 is 0.317 bits per heavy atom. The van der Waals surface area contributed by atoms with Gasteiger partial charge in [0.25, 0.3) is 0 Å². The number of furan rings is 1. The monoisotopic (exact) mass is 804 g/mol. The Hall–Kier alpha value is -8.40. The first-order chi connectivity index (χ1) is 31.2. The number of fused-ring (bicyclic) bond motifs is 6. The SMILES string of the molecule is c1ccc(-c2ccc(-c3ccc(N(c4ccc(-c5cccc(-c6ccccc6-n6c7ccccc7c7ccccc76)c5)cc4)c4cccc5c4oc4ccccc45)cc3)cc2)cc1. The number of hydrogen-bond donors (Lipinski definition) is 0. The Labute approximate surface area is 366 Å². The van der Waals surface area contributed by atoms with E-state index in [1.807, 2.05) is 12.1 Å². The summed E-state index contributed by atoms with van der Waals surface area (Å²) in [5.41, 5.74) is 17.8. The average molecular weight is 805 g/mol. The topological polar surface area (TPSA) is 21.3 Å². The summed E-state index contributed by atoms with van der Waals surface area (Å²) in [6, 6.07) is 87.0. The first-order valence-corrected chi connectivity index (χ1v) is 21.5. The molecular weight excluding hydrogens is 765 g/mol. The first-order valence-electron chi connectivity index (χ1n) is 21.5. The van der Waals surface area contributed by atoms with Gasteiger partial charge in [-0.05, 0) is 99.6 Å². The Morgan fingerprint density at radius 2 is 0.778 bits per heavy atom. The fourth-order valence-corrected chi connectivity index (χ4v) is 9.39. The lowest BCUT2D eigenvalue weighted by Gasteiger charge is -2.26. The van der Waals surface area contributed by atoms with Crippen molar-refractivity contribution in [2.45, 2.75) is 0 Å². The third-order valence-electron chi connectivity index (χ3n) is 12.4. The van der Waals surface area contributed by atoms with Crippen LogP contribution in [0.15, 0.2) is 247 Å². The minimum absolute atomic E-state index is 0.859. The molecule has 12 aromatic rings. The minimum Gasteiger partial charge on any atom is -0.454 e. The third-order valence-corrected chi connectivity index (χ3v) is 12.4. The van der Waals surface area contributed by atoms with Gasteiger partial charge in [0.05, 0.1) is 22.4 Å². The smallest absolute Gasteiger partial charge is 0.159 e. The van der Waals surface area contributed by atoms with Crippen LogP contribution in [0.1, 0.15) is 0 Å². The van der Waals surface area contributed by atoms with E-state index >= 15 is 0 Å². The molecule has 2 aromatic heterocycles. The molecule has 0 fully saturated rings. The molecule has 0 N–H and O–H groups in total. The maximum Gasteiger partial charge on any atom is 0.159 e. The van der Waals surface area contributed by atoms with Crippen molar-refractivity contribution in [3.63, 3.8) is 0 Å². The van der Waals surface area contributed by atoms with E-state index in [4.69, 9.17) is 4.42 Å². The number of rotatable bonds is 8. The Morgan fingerprint density at radius 3 is 1.44 bits per heavy atom. The van der Waals surface area contributed by atoms with E-state index in [2.05, 4.69) is 240 Å². The molecule has 296 valence electrons. The normalized spacial score (nSPS) is 11.5. The molecule has 0 aliphatic heterocycles. The minimum atomic E-state index is 0.859. The highest BCUT2D eigenvalue weighted by Crippen LogP contribution is 2.43. The Balaban J connectivity index is 0.923. The van der Waals surface area contributed by atoms with Crippen LogP contribution in [0.25, 0.3) is 93.9 Å². The predicted molar refractivity (Wildman–Crippen MR) is 264 cm³/mol. The van der Waals surface area contributed by atoms with Crippen molar-refractivity contribution in [3.05, 3.63) is 243 Å². The van der Waals surface area contributed by atoms with E-state index in [0.29, 0.717) is 0 Å². The van der Waals surface area contributed by atoms with Crippen LogP contribution in [0, 0.1) is 0 Å². The van der Waals surface area contributed by atoms with Crippen LogP contribution in [-0.2, 0) is 0 Å². The number of benzene rings is 10. The Kier molecular flexibility index (Phi) is 8.83. The van der Waals surface area contributed by atoms with Crippen molar-refractivity contribution in [2.24, 2.45) is 0 Å². The van der Waals surface area contributed by atoms with E-state index in [0.717, 1.165) is 61.4 Å². The molecule has 63 heavy (non-hydrogen) atoms. The van der Waals surface area contributed by atoms with Crippen LogP contribution in [0.5, 0.6) is 0 Å². The highest BCUT2D eigenvalue weighted by atomic mass is 16.3. The van der Waals surface area contributed by atoms with Crippen molar-refractivity contribution >= 4 is 60.8 Å². The molecule has 12 rings (SSSR count). The van der Waals surface area contributed by atoms with Gasteiger partial charge < -0.3 is 13.9 Å². The second-order valence-electron chi connectivity index (χ2n) is 16.1. The summed E-state index contributed by atoms with van der Waals surface area (Å²) in [5.74, 6) is 0. The summed E-state index contributed by atoms with van der Waals surface area (Å²) < 4.78 is 9.05. The highest BCUT2D eigenvalue weighted by molar-refractivity contribution is 6.11. The van der Waals surface area contributed by atoms with Crippen molar-refractivity contribution < 1.29 is 4.42 Å². The number of anilines is 3. The molecule has 0 saturated carbocycles. The van der Waals surface area contributed by atoms with Crippen LogP contribution in [0.4, 0.5) is 17.1 Å². The fraction of sp³-hybridized carbons (Fsp3) is 0. The highest BCUT2D eigenvalue weighted by Gasteiger charge is 2.20. The molecule has 0 amide bonds. The van der Waals surface area contributed by atoms with E-state index < -0.39 is 0 Å². The summed E-state index contributed by atoms with van der Waals surface area (Å²) in [6.07, 6.45) is 0. The van der Waals surface area contributed by atoms with Gasteiger partial charge in [-0.1, -0.05) is 182 Å². The number of aromatic nitrogens is 1. The third kappa shape index (κ3) is 6.38. The number of nitrogens with zero attached hydrogens (tertiary/aromatic N) is 2. The molecule has 0 bridgehead atoms. The van der Waals surface area contributed by atoms with Gasteiger partial charge in [0.2, 0.25) is 0 Å². The van der Waals surface area contributed by atoms with Gasteiger partial charge >= 0.3 is 0 Å². The number of para-hydroxylation sites is 5. The van der Waals surface area contributed by atoms with Crippen molar-refractivity contribution in [1.29, 1.82) is 0 Å². The van der Waals surface area contributed by atoms with Crippen molar-refractivity contribution in [3.8, 4) is 50.2 Å². The maximum absolute atomic E-state index is 6.64. The molecule has 0 radical (unpaired) electrons. The lowest BCUT2D eigenvalue weighted by atomic mass is 9.97. The summed E-state index contributed by atoms with van der Waals surface area (Å²) in [5, 5.41) is 4.72. The number of hydrogen-bond acceptors (Lipinski definition) is 2. The van der Waals surface area contributed by atoms with E-state index in [1.165, 1.54) is 49.6 Å². The molecule has 3 nitrogen and oxygen atoms in total. The molecule has 0 aliphatic rings. The molecule has 3 heteroatoms. The zero-order valence-corrected chi connectivity index (χ0v) is 34.4. The summed E-state index contributed by atoms with van der Waals surface area (Å²) in [6.45, 7) is 0. The van der Waals surface area contributed by atoms with Crippen molar-refractivity contribution in [2.75, 3.05) is 4.90 Å².